The van der Waals surface area contributed by atoms with Crippen molar-refractivity contribution in [3.05, 3.63) is 53.6 Å². The molecule has 1 fully saturated rings. The first kappa shape index (κ1) is 24.2. The molecule has 1 amide bonds. The van der Waals surface area contributed by atoms with Gasteiger partial charge in [-0.15, -0.1) is 0 Å². The second kappa shape index (κ2) is 9.57. The molecule has 32 heavy (non-hydrogen) atoms. The van der Waals surface area contributed by atoms with Gasteiger partial charge in [0.05, 0.1) is 30.1 Å². The zero-order valence-electron chi connectivity index (χ0n) is 18.2. The molecule has 1 heterocycles. The van der Waals surface area contributed by atoms with Gasteiger partial charge >= 0.3 is 0 Å². The van der Waals surface area contributed by atoms with Crippen molar-refractivity contribution in [3.8, 4) is 0 Å². The quantitative estimate of drug-likeness (QED) is 0.644. The number of amides is 1. The number of para-hydroxylation sites is 1. The maximum absolute atomic E-state index is 12.7. The first-order chi connectivity index (χ1) is 15.0. The Morgan fingerprint density at radius 3 is 2.09 bits per heavy atom. The lowest BCUT2D eigenvalue weighted by Crippen LogP contribution is -2.40. The zero-order chi connectivity index (χ0) is 23.5. The van der Waals surface area contributed by atoms with Gasteiger partial charge in [-0.1, -0.05) is 18.2 Å². The average molecular weight is 482 g/mol. The van der Waals surface area contributed by atoms with Gasteiger partial charge in [0.15, 0.2) is 0 Å². The molecule has 0 unspecified atom stereocenters. The highest BCUT2D eigenvalue weighted by atomic mass is 32.2. The van der Waals surface area contributed by atoms with Gasteiger partial charge in [0.2, 0.25) is 26.0 Å². The Kier molecular flexibility index (Phi) is 7.23. The van der Waals surface area contributed by atoms with Gasteiger partial charge in [0.1, 0.15) is 6.54 Å². The van der Waals surface area contributed by atoms with Gasteiger partial charge in [0, 0.05) is 18.8 Å². The van der Waals surface area contributed by atoms with E-state index in [0.29, 0.717) is 37.7 Å². The maximum Gasteiger partial charge on any atom is 0.245 e. The van der Waals surface area contributed by atoms with Crippen LogP contribution in [0.5, 0.6) is 0 Å². The number of ether oxygens (including phenoxy) is 1. The zero-order valence-corrected chi connectivity index (χ0v) is 19.9. The van der Waals surface area contributed by atoms with E-state index in [1.54, 1.807) is 26.0 Å². The maximum atomic E-state index is 12.7. The first-order valence-electron chi connectivity index (χ1n) is 10.0. The van der Waals surface area contributed by atoms with Crippen molar-refractivity contribution in [2.24, 2.45) is 0 Å². The first-order valence-corrected chi connectivity index (χ1v) is 13.3. The monoisotopic (exact) mass is 481 g/mol. The van der Waals surface area contributed by atoms with Crippen LogP contribution in [-0.2, 0) is 29.6 Å². The van der Waals surface area contributed by atoms with Gasteiger partial charge in [-0.05, 0) is 49.2 Å². The van der Waals surface area contributed by atoms with E-state index in [0.717, 1.165) is 21.7 Å². The average Bonchev–Trinajstić information content (AvgIpc) is 2.73. The number of morpholine rings is 1. The van der Waals surface area contributed by atoms with Crippen LogP contribution in [0.15, 0.2) is 47.4 Å². The predicted octanol–water partition coefficient (Wildman–Crippen LogP) is 1.73. The fraction of sp³-hybridized carbons (Fsp3) is 0.381. The number of rotatable bonds is 7. The minimum absolute atomic E-state index is 0.116. The summed E-state index contributed by atoms with van der Waals surface area (Å²) in [6.07, 6.45) is 1.05. The molecule has 11 heteroatoms. The molecular weight excluding hydrogens is 454 g/mol. The normalized spacial score (nSPS) is 15.3. The van der Waals surface area contributed by atoms with Crippen LogP contribution >= 0.6 is 0 Å². The van der Waals surface area contributed by atoms with Crippen LogP contribution < -0.4 is 9.62 Å². The number of nitrogens with zero attached hydrogens (tertiary/aromatic N) is 2. The van der Waals surface area contributed by atoms with Crippen molar-refractivity contribution >= 4 is 37.3 Å². The summed E-state index contributed by atoms with van der Waals surface area (Å²) >= 11 is 0. The van der Waals surface area contributed by atoms with Crippen molar-refractivity contribution in [1.82, 2.24) is 4.31 Å². The molecule has 9 nitrogen and oxygen atoms in total. The second-order valence-corrected chi connectivity index (χ2v) is 11.4. The number of hydrogen-bond donors (Lipinski definition) is 1. The third-order valence-electron chi connectivity index (χ3n) is 5.12. The van der Waals surface area contributed by atoms with Gasteiger partial charge in [-0.3, -0.25) is 9.10 Å². The van der Waals surface area contributed by atoms with Gasteiger partial charge in [-0.2, -0.15) is 4.31 Å². The standard InChI is InChI=1S/C21H27N3O6S2/c1-16-5-4-6-17(2)21(16)24(31(3,26)27)15-20(25)22-18-7-9-19(10-8-18)32(28,29)23-11-13-30-14-12-23/h4-10H,11-15H2,1-3H3,(H,22,25). The van der Waals surface area contributed by atoms with E-state index in [4.69, 9.17) is 4.74 Å². The van der Waals surface area contributed by atoms with Crippen molar-refractivity contribution in [2.45, 2.75) is 18.7 Å². The lowest BCUT2D eigenvalue weighted by Gasteiger charge is -2.26. The molecule has 0 atom stereocenters. The topological polar surface area (TPSA) is 113 Å². The van der Waals surface area contributed by atoms with Crippen molar-refractivity contribution < 1.29 is 26.4 Å². The lowest BCUT2D eigenvalue weighted by atomic mass is 10.1. The molecule has 1 aliphatic rings. The van der Waals surface area contributed by atoms with Gasteiger partial charge < -0.3 is 10.1 Å². The fourth-order valence-electron chi connectivity index (χ4n) is 3.54. The molecule has 0 aliphatic carbocycles. The molecule has 174 valence electrons. The summed E-state index contributed by atoms with van der Waals surface area (Å²) in [4.78, 5) is 12.8. The van der Waals surface area contributed by atoms with Crippen LogP contribution in [0.4, 0.5) is 11.4 Å². The van der Waals surface area contributed by atoms with Gasteiger partial charge in [-0.25, -0.2) is 16.8 Å². The molecule has 0 bridgehead atoms. The number of aryl methyl sites for hydroxylation is 2. The summed E-state index contributed by atoms with van der Waals surface area (Å²) in [5, 5.41) is 2.64. The third kappa shape index (κ3) is 5.47. The van der Waals surface area contributed by atoms with Crippen LogP contribution in [0.3, 0.4) is 0 Å². The fourth-order valence-corrected chi connectivity index (χ4v) is 5.92. The van der Waals surface area contributed by atoms with E-state index < -0.39 is 32.5 Å². The lowest BCUT2D eigenvalue weighted by molar-refractivity contribution is -0.114. The smallest absolute Gasteiger partial charge is 0.245 e. The SMILES string of the molecule is Cc1cccc(C)c1N(CC(=O)Nc1ccc(S(=O)(=O)N2CCOCC2)cc1)S(C)(=O)=O. The molecule has 1 N–H and O–H groups in total. The molecule has 0 radical (unpaired) electrons. The van der Waals surface area contributed by atoms with E-state index in [1.165, 1.54) is 28.6 Å². The Hall–Kier alpha value is -2.47. The molecule has 1 saturated heterocycles. The van der Waals surface area contributed by atoms with Crippen LogP contribution in [0, 0.1) is 13.8 Å². The third-order valence-corrected chi connectivity index (χ3v) is 8.15. The van der Waals surface area contributed by atoms with E-state index >= 15 is 0 Å². The second-order valence-electron chi connectivity index (χ2n) is 7.60. The number of carbonyl (C=O) groups is 1. The molecular formula is C21H27N3O6S2. The summed E-state index contributed by atoms with van der Waals surface area (Å²) in [6, 6.07) is 11.2. The Labute approximate surface area is 189 Å². The highest BCUT2D eigenvalue weighted by molar-refractivity contribution is 7.92. The van der Waals surface area contributed by atoms with Crippen LogP contribution in [0.2, 0.25) is 0 Å². The van der Waals surface area contributed by atoms with Crippen molar-refractivity contribution in [2.75, 3.05) is 48.7 Å². The number of benzene rings is 2. The highest BCUT2D eigenvalue weighted by Crippen LogP contribution is 2.27. The van der Waals surface area contributed by atoms with Crippen molar-refractivity contribution in [1.29, 1.82) is 0 Å². The Bertz CT molecular complexity index is 1170. The molecule has 2 aromatic carbocycles. The van der Waals surface area contributed by atoms with E-state index in [2.05, 4.69) is 5.32 Å². The Morgan fingerprint density at radius 1 is 1.00 bits per heavy atom. The Balaban J connectivity index is 1.75. The van der Waals surface area contributed by atoms with Crippen molar-refractivity contribution in [3.63, 3.8) is 0 Å². The molecule has 1 aliphatic heterocycles. The molecule has 0 aromatic heterocycles. The largest absolute Gasteiger partial charge is 0.379 e. The number of carbonyl (C=O) groups excluding carboxylic acids is 1. The van der Waals surface area contributed by atoms with Crippen LogP contribution in [0.25, 0.3) is 0 Å². The molecule has 0 saturated carbocycles. The summed E-state index contributed by atoms with van der Waals surface area (Å²) in [5.74, 6) is -0.540. The summed E-state index contributed by atoms with van der Waals surface area (Å²) in [6.45, 7) is 4.45. The Morgan fingerprint density at radius 2 is 1.56 bits per heavy atom. The molecule has 2 aromatic rings. The van der Waals surface area contributed by atoms with E-state index in [1.807, 2.05) is 6.07 Å². The minimum atomic E-state index is -3.71. The van der Waals surface area contributed by atoms with E-state index in [-0.39, 0.29) is 4.90 Å². The summed E-state index contributed by atoms with van der Waals surface area (Å²) in [5.41, 5.74) is 2.31. The van der Waals surface area contributed by atoms with Crippen LogP contribution in [0.1, 0.15) is 11.1 Å². The molecule has 0 spiro atoms. The number of sulfonamides is 2. The van der Waals surface area contributed by atoms with Crippen LogP contribution in [-0.4, -0.2) is 66.2 Å². The minimum Gasteiger partial charge on any atom is -0.379 e. The summed E-state index contributed by atoms with van der Waals surface area (Å²) in [7, 11) is -7.35. The summed E-state index contributed by atoms with van der Waals surface area (Å²) < 4.78 is 57.8. The number of hydrogen-bond acceptors (Lipinski definition) is 6. The highest BCUT2D eigenvalue weighted by Gasteiger charge is 2.27. The van der Waals surface area contributed by atoms with E-state index in [9.17, 15) is 21.6 Å². The van der Waals surface area contributed by atoms with Gasteiger partial charge in [0.25, 0.3) is 0 Å². The number of nitrogens with one attached hydrogen (secondary N) is 1. The molecule has 3 rings (SSSR count). The predicted molar refractivity (Wildman–Crippen MR) is 123 cm³/mol. The number of anilines is 2.